The van der Waals surface area contributed by atoms with E-state index in [-0.39, 0.29) is 12.2 Å². The second-order valence-corrected chi connectivity index (χ2v) is 2.67. The second-order valence-electron chi connectivity index (χ2n) is 2.67. The van der Waals surface area contributed by atoms with Crippen LogP contribution in [-0.2, 0) is 12.7 Å². The largest absolute Gasteiger partial charge is 0.416 e. The van der Waals surface area contributed by atoms with Crippen molar-refractivity contribution >= 4 is 5.69 Å². The first-order valence-corrected chi connectivity index (χ1v) is 3.60. The molecule has 5 heteroatoms. The van der Waals surface area contributed by atoms with Gasteiger partial charge in [0.2, 0.25) is 0 Å². The number of nitrogen functional groups attached to an aromatic ring is 1. The van der Waals surface area contributed by atoms with E-state index >= 15 is 0 Å². The summed E-state index contributed by atoms with van der Waals surface area (Å²) in [7, 11) is 0. The summed E-state index contributed by atoms with van der Waals surface area (Å²) in [5.41, 5.74) is 10.2. The zero-order valence-electron chi connectivity index (χ0n) is 6.73. The van der Waals surface area contributed by atoms with E-state index in [1.165, 1.54) is 6.07 Å². The Balaban J connectivity index is 3.16. The van der Waals surface area contributed by atoms with Crippen LogP contribution in [0.25, 0.3) is 0 Å². The number of benzene rings is 1. The van der Waals surface area contributed by atoms with Crippen LogP contribution in [0.5, 0.6) is 0 Å². The minimum atomic E-state index is -4.36. The first-order valence-electron chi connectivity index (χ1n) is 3.60. The minimum Gasteiger partial charge on any atom is -0.399 e. The van der Waals surface area contributed by atoms with Gasteiger partial charge in [0.1, 0.15) is 0 Å². The fourth-order valence-corrected chi connectivity index (χ4v) is 1.000. The molecule has 13 heavy (non-hydrogen) atoms. The Kier molecular flexibility index (Phi) is 2.47. The summed E-state index contributed by atoms with van der Waals surface area (Å²) in [6.45, 7) is 0.0497. The van der Waals surface area contributed by atoms with Gasteiger partial charge in [0.25, 0.3) is 0 Å². The number of hydrogen-bond donors (Lipinski definition) is 2. The zero-order chi connectivity index (χ0) is 10.1. The molecule has 0 bridgehead atoms. The molecule has 0 aromatic heterocycles. The molecular weight excluding hydrogens is 181 g/mol. The van der Waals surface area contributed by atoms with E-state index in [1.54, 1.807) is 0 Å². The van der Waals surface area contributed by atoms with Crippen molar-refractivity contribution in [3.8, 4) is 0 Å². The van der Waals surface area contributed by atoms with Gasteiger partial charge in [0.15, 0.2) is 0 Å². The number of alkyl halides is 3. The first kappa shape index (κ1) is 9.85. The highest BCUT2D eigenvalue weighted by Gasteiger charge is 2.30. The summed E-state index contributed by atoms with van der Waals surface area (Å²) in [5, 5.41) is 0. The molecule has 4 N–H and O–H groups in total. The summed E-state index contributed by atoms with van der Waals surface area (Å²) in [6.07, 6.45) is -4.36. The van der Waals surface area contributed by atoms with Gasteiger partial charge in [-0.05, 0) is 23.8 Å². The zero-order valence-corrected chi connectivity index (χ0v) is 6.73. The van der Waals surface area contributed by atoms with E-state index in [0.29, 0.717) is 5.56 Å². The Labute approximate surface area is 73.3 Å². The lowest BCUT2D eigenvalue weighted by molar-refractivity contribution is -0.137. The Bertz CT molecular complexity index is 307. The molecular formula is C8H9F3N2. The third kappa shape index (κ3) is 2.35. The van der Waals surface area contributed by atoms with Crippen LogP contribution in [0.2, 0.25) is 0 Å². The first-order chi connectivity index (χ1) is 5.93. The van der Waals surface area contributed by atoms with E-state index in [4.69, 9.17) is 11.5 Å². The van der Waals surface area contributed by atoms with Crippen LogP contribution in [0.3, 0.4) is 0 Å². The van der Waals surface area contributed by atoms with Gasteiger partial charge in [0.05, 0.1) is 5.56 Å². The van der Waals surface area contributed by atoms with Crippen LogP contribution in [-0.4, -0.2) is 0 Å². The van der Waals surface area contributed by atoms with E-state index in [2.05, 4.69) is 0 Å². The van der Waals surface area contributed by atoms with Crippen LogP contribution in [0.1, 0.15) is 11.1 Å². The Morgan fingerprint density at radius 1 is 1.15 bits per heavy atom. The van der Waals surface area contributed by atoms with Crippen molar-refractivity contribution in [1.82, 2.24) is 0 Å². The van der Waals surface area contributed by atoms with Gasteiger partial charge in [-0.1, -0.05) is 0 Å². The predicted octanol–water partition coefficient (Wildman–Crippen LogP) is 1.75. The molecule has 2 nitrogen and oxygen atoms in total. The maximum absolute atomic E-state index is 12.2. The molecule has 0 heterocycles. The molecule has 0 unspecified atom stereocenters. The molecule has 0 saturated heterocycles. The van der Waals surface area contributed by atoms with Gasteiger partial charge >= 0.3 is 6.18 Å². The average Bonchev–Trinajstić information content (AvgIpc) is 2.01. The van der Waals surface area contributed by atoms with Crippen LogP contribution < -0.4 is 11.5 Å². The van der Waals surface area contributed by atoms with Crippen molar-refractivity contribution in [1.29, 1.82) is 0 Å². The molecule has 72 valence electrons. The molecule has 0 aliphatic carbocycles. The highest BCUT2D eigenvalue weighted by molar-refractivity contribution is 5.45. The summed E-state index contributed by atoms with van der Waals surface area (Å²) >= 11 is 0. The average molecular weight is 190 g/mol. The van der Waals surface area contributed by atoms with Gasteiger partial charge in [-0.3, -0.25) is 0 Å². The highest BCUT2D eigenvalue weighted by Crippen LogP contribution is 2.31. The SMILES string of the molecule is NCc1cc(N)cc(C(F)(F)F)c1. The Morgan fingerprint density at radius 2 is 1.77 bits per heavy atom. The van der Waals surface area contributed by atoms with Gasteiger partial charge in [-0.15, -0.1) is 0 Å². The van der Waals surface area contributed by atoms with Crippen molar-refractivity contribution in [3.05, 3.63) is 29.3 Å². The number of hydrogen-bond acceptors (Lipinski definition) is 2. The normalized spacial score (nSPS) is 11.7. The van der Waals surface area contributed by atoms with E-state index in [9.17, 15) is 13.2 Å². The lowest BCUT2D eigenvalue weighted by atomic mass is 10.1. The van der Waals surface area contributed by atoms with Crippen LogP contribution in [0, 0.1) is 0 Å². The molecule has 0 atom stereocenters. The van der Waals surface area contributed by atoms with Crippen LogP contribution >= 0.6 is 0 Å². The quantitative estimate of drug-likeness (QED) is 0.663. The lowest BCUT2D eigenvalue weighted by Crippen LogP contribution is -2.08. The topological polar surface area (TPSA) is 52.0 Å². The smallest absolute Gasteiger partial charge is 0.399 e. The van der Waals surface area contributed by atoms with Gasteiger partial charge in [-0.25, -0.2) is 0 Å². The molecule has 0 amide bonds. The van der Waals surface area contributed by atoms with Gasteiger partial charge in [-0.2, -0.15) is 13.2 Å². The van der Waals surface area contributed by atoms with Crippen LogP contribution in [0.4, 0.5) is 18.9 Å². The fraction of sp³-hybridized carbons (Fsp3) is 0.250. The number of anilines is 1. The summed E-state index contributed by atoms with van der Waals surface area (Å²) in [5.74, 6) is 0. The Morgan fingerprint density at radius 3 is 2.23 bits per heavy atom. The number of halogens is 3. The van der Waals surface area contributed by atoms with E-state index < -0.39 is 11.7 Å². The molecule has 1 aromatic carbocycles. The highest BCUT2D eigenvalue weighted by atomic mass is 19.4. The maximum Gasteiger partial charge on any atom is 0.416 e. The molecule has 1 aromatic rings. The number of nitrogens with two attached hydrogens (primary N) is 2. The summed E-state index contributed by atoms with van der Waals surface area (Å²) < 4.78 is 36.6. The van der Waals surface area contributed by atoms with Gasteiger partial charge in [0, 0.05) is 12.2 Å². The predicted molar refractivity (Wildman–Crippen MR) is 43.7 cm³/mol. The van der Waals surface area contributed by atoms with Crippen molar-refractivity contribution in [2.75, 3.05) is 5.73 Å². The third-order valence-corrected chi connectivity index (χ3v) is 1.58. The standard InChI is InChI=1S/C8H9F3N2/c9-8(10,11)6-1-5(4-12)2-7(13)3-6/h1-3H,4,12-13H2. The van der Waals surface area contributed by atoms with Crippen molar-refractivity contribution < 1.29 is 13.2 Å². The maximum atomic E-state index is 12.2. The minimum absolute atomic E-state index is 0.0497. The summed E-state index contributed by atoms with van der Waals surface area (Å²) in [6, 6.07) is 3.31. The molecule has 1 rings (SSSR count). The molecule has 0 radical (unpaired) electrons. The fourth-order valence-electron chi connectivity index (χ4n) is 1.000. The lowest BCUT2D eigenvalue weighted by Gasteiger charge is -2.09. The van der Waals surface area contributed by atoms with E-state index in [0.717, 1.165) is 12.1 Å². The molecule has 0 spiro atoms. The molecule has 0 aliphatic rings. The molecule has 0 saturated carbocycles. The Hall–Kier alpha value is -1.23. The monoisotopic (exact) mass is 190 g/mol. The van der Waals surface area contributed by atoms with Crippen molar-refractivity contribution in [2.45, 2.75) is 12.7 Å². The second kappa shape index (κ2) is 3.26. The van der Waals surface area contributed by atoms with E-state index in [1.807, 2.05) is 0 Å². The van der Waals surface area contributed by atoms with Crippen molar-refractivity contribution in [3.63, 3.8) is 0 Å². The van der Waals surface area contributed by atoms with Crippen LogP contribution in [0.15, 0.2) is 18.2 Å². The third-order valence-electron chi connectivity index (χ3n) is 1.58. The molecule has 0 aliphatic heterocycles. The summed E-state index contributed by atoms with van der Waals surface area (Å²) in [4.78, 5) is 0. The van der Waals surface area contributed by atoms with Gasteiger partial charge < -0.3 is 11.5 Å². The molecule has 0 fully saturated rings. The van der Waals surface area contributed by atoms with Crippen molar-refractivity contribution in [2.24, 2.45) is 5.73 Å². The number of rotatable bonds is 1.